The predicted octanol–water partition coefficient (Wildman–Crippen LogP) is 2.73. The zero-order valence-electron chi connectivity index (χ0n) is 7.68. The Morgan fingerprint density at radius 2 is 2.33 bits per heavy atom. The molecule has 2 atom stereocenters. The summed E-state index contributed by atoms with van der Waals surface area (Å²) >= 11 is 0. The number of rotatable bonds is 2. The zero-order valence-corrected chi connectivity index (χ0v) is 7.68. The Balaban J connectivity index is 2.77. The van der Waals surface area contributed by atoms with Crippen LogP contribution in [-0.2, 0) is 4.79 Å². The van der Waals surface area contributed by atoms with E-state index in [-0.39, 0.29) is 5.92 Å². The van der Waals surface area contributed by atoms with Crippen LogP contribution in [0.3, 0.4) is 0 Å². The maximum atomic E-state index is 11.4. The van der Waals surface area contributed by atoms with Gasteiger partial charge in [0, 0.05) is 12.3 Å². The highest BCUT2D eigenvalue weighted by atomic mass is 16.1. The molecule has 1 saturated carbocycles. The lowest BCUT2D eigenvalue weighted by Gasteiger charge is -2.28. The van der Waals surface area contributed by atoms with Crippen LogP contribution in [0.5, 0.6) is 0 Å². The van der Waals surface area contributed by atoms with Gasteiger partial charge in [0.05, 0.1) is 0 Å². The van der Waals surface area contributed by atoms with Crippen molar-refractivity contribution in [2.24, 2.45) is 11.8 Å². The summed E-state index contributed by atoms with van der Waals surface area (Å²) in [7, 11) is 0. The number of carbonyl (C=O) groups excluding carboxylic acids is 1. The highest BCUT2D eigenvalue weighted by Gasteiger charge is 2.29. The molecule has 0 bridgehead atoms. The first-order valence-electron chi connectivity index (χ1n) is 4.47. The van der Waals surface area contributed by atoms with E-state index in [0.29, 0.717) is 11.7 Å². The third-order valence-electron chi connectivity index (χ3n) is 2.63. The number of allylic oxidation sites excluding steroid dienone is 2. The van der Waals surface area contributed by atoms with E-state index in [2.05, 4.69) is 13.2 Å². The fourth-order valence-electron chi connectivity index (χ4n) is 1.92. The summed E-state index contributed by atoms with van der Waals surface area (Å²) in [4.78, 5) is 11.4. The van der Waals surface area contributed by atoms with Crippen molar-refractivity contribution < 1.29 is 4.79 Å². The molecular weight excluding hydrogens is 148 g/mol. The Hall–Kier alpha value is -0.850. The van der Waals surface area contributed by atoms with Crippen molar-refractivity contribution >= 4 is 5.78 Å². The fraction of sp³-hybridized carbons (Fsp3) is 0.545. The number of Topliss-reactive ketones (excluding diaryl/α,β-unsaturated/α-hetero) is 1. The van der Waals surface area contributed by atoms with E-state index in [9.17, 15) is 4.79 Å². The molecule has 1 nitrogen and oxygen atoms in total. The molecule has 0 saturated heterocycles. The molecule has 0 aliphatic heterocycles. The number of hydrogen-bond donors (Lipinski definition) is 0. The predicted molar refractivity (Wildman–Crippen MR) is 50.8 cm³/mol. The number of ketones is 1. The smallest absolute Gasteiger partial charge is 0.140 e. The highest BCUT2D eigenvalue weighted by molar-refractivity contribution is 5.84. The fourth-order valence-corrected chi connectivity index (χ4v) is 1.92. The summed E-state index contributed by atoms with van der Waals surface area (Å²) in [6.45, 7) is 9.62. The summed E-state index contributed by atoms with van der Waals surface area (Å²) in [5.41, 5.74) is 1.12. The van der Waals surface area contributed by atoms with Gasteiger partial charge in [0.25, 0.3) is 0 Å². The molecule has 0 heterocycles. The molecular formula is C11H16O. The number of hydrogen-bond acceptors (Lipinski definition) is 1. The largest absolute Gasteiger partial charge is 0.299 e. The SMILES string of the molecule is C=C[C@@H]1C(=O)CCC[C@H]1C(=C)C. The third-order valence-corrected chi connectivity index (χ3v) is 2.63. The molecule has 0 N–H and O–H groups in total. The Morgan fingerprint density at radius 1 is 1.67 bits per heavy atom. The van der Waals surface area contributed by atoms with E-state index in [1.807, 2.05) is 6.92 Å². The lowest BCUT2D eigenvalue weighted by atomic mass is 9.75. The van der Waals surface area contributed by atoms with Crippen LogP contribution in [0.1, 0.15) is 26.2 Å². The average molecular weight is 164 g/mol. The topological polar surface area (TPSA) is 17.1 Å². The molecule has 0 aromatic carbocycles. The Bertz CT molecular complexity index is 215. The van der Waals surface area contributed by atoms with Crippen molar-refractivity contribution in [3.8, 4) is 0 Å². The summed E-state index contributed by atoms with van der Waals surface area (Å²) < 4.78 is 0. The van der Waals surface area contributed by atoms with E-state index in [0.717, 1.165) is 24.8 Å². The molecule has 66 valence electrons. The standard InChI is InChI=1S/C11H16O/c1-4-9-10(8(2)3)6-5-7-11(9)12/h4,9-10H,1-2,5-7H2,3H3/t9-,10-/m0/s1. The van der Waals surface area contributed by atoms with E-state index < -0.39 is 0 Å². The molecule has 0 amide bonds. The van der Waals surface area contributed by atoms with Gasteiger partial charge in [-0.3, -0.25) is 4.79 Å². The minimum Gasteiger partial charge on any atom is -0.299 e. The molecule has 1 fully saturated rings. The van der Waals surface area contributed by atoms with Gasteiger partial charge >= 0.3 is 0 Å². The van der Waals surface area contributed by atoms with Crippen LogP contribution in [0.15, 0.2) is 24.8 Å². The Kier molecular flexibility index (Phi) is 2.85. The molecule has 0 aromatic rings. The molecule has 1 heteroatoms. The molecule has 1 aliphatic rings. The maximum absolute atomic E-state index is 11.4. The summed E-state index contributed by atoms with van der Waals surface area (Å²) in [6, 6.07) is 0. The first-order chi connectivity index (χ1) is 5.66. The van der Waals surface area contributed by atoms with E-state index in [1.165, 1.54) is 0 Å². The third kappa shape index (κ3) is 1.66. The van der Waals surface area contributed by atoms with Crippen LogP contribution in [0.25, 0.3) is 0 Å². The van der Waals surface area contributed by atoms with E-state index in [1.54, 1.807) is 6.08 Å². The second kappa shape index (κ2) is 3.70. The lowest BCUT2D eigenvalue weighted by molar-refractivity contribution is -0.124. The number of carbonyl (C=O) groups is 1. The molecule has 1 aliphatic carbocycles. The second-order valence-electron chi connectivity index (χ2n) is 3.57. The minimum absolute atomic E-state index is 0.0382. The minimum atomic E-state index is 0.0382. The van der Waals surface area contributed by atoms with E-state index >= 15 is 0 Å². The average Bonchev–Trinajstić information content (AvgIpc) is 2.03. The van der Waals surface area contributed by atoms with Crippen molar-refractivity contribution in [3.05, 3.63) is 24.8 Å². The zero-order chi connectivity index (χ0) is 9.14. The van der Waals surface area contributed by atoms with Gasteiger partial charge in [0.15, 0.2) is 0 Å². The summed E-state index contributed by atoms with van der Waals surface area (Å²) in [5.74, 6) is 0.726. The van der Waals surface area contributed by atoms with Gasteiger partial charge in [0.1, 0.15) is 5.78 Å². The molecule has 12 heavy (non-hydrogen) atoms. The molecule has 0 radical (unpaired) electrons. The normalized spacial score (nSPS) is 29.9. The first kappa shape index (κ1) is 9.24. The van der Waals surface area contributed by atoms with E-state index in [4.69, 9.17) is 0 Å². The van der Waals surface area contributed by atoms with Crippen LogP contribution in [-0.4, -0.2) is 5.78 Å². The van der Waals surface area contributed by atoms with Crippen molar-refractivity contribution in [3.63, 3.8) is 0 Å². The van der Waals surface area contributed by atoms with Crippen LogP contribution >= 0.6 is 0 Å². The molecule has 0 aromatic heterocycles. The van der Waals surface area contributed by atoms with Gasteiger partial charge in [-0.2, -0.15) is 0 Å². The van der Waals surface area contributed by atoms with Crippen LogP contribution < -0.4 is 0 Å². The molecule has 0 spiro atoms. The van der Waals surface area contributed by atoms with Gasteiger partial charge < -0.3 is 0 Å². The van der Waals surface area contributed by atoms with Gasteiger partial charge in [-0.1, -0.05) is 18.2 Å². The van der Waals surface area contributed by atoms with Gasteiger partial charge in [-0.05, 0) is 25.7 Å². The lowest BCUT2D eigenvalue weighted by Crippen LogP contribution is -2.27. The van der Waals surface area contributed by atoms with Crippen LogP contribution in [0.2, 0.25) is 0 Å². The second-order valence-corrected chi connectivity index (χ2v) is 3.57. The monoisotopic (exact) mass is 164 g/mol. The first-order valence-corrected chi connectivity index (χ1v) is 4.47. The summed E-state index contributed by atoms with van der Waals surface area (Å²) in [5, 5.41) is 0. The summed E-state index contributed by atoms with van der Waals surface area (Å²) in [6.07, 6.45) is 4.61. The maximum Gasteiger partial charge on any atom is 0.140 e. The Morgan fingerprint density at radius 3 is 2.75 bits per heavy atom. The van der Waals surface area contributed by atoms with Gasteiger partial charge in [-0.15, -0.1) is 6.58 Å². The van der Waals surface area contributed by atoms with Crippen LogP contribution in [0, 0.1) is 11.8 Å². The van der Waals surface area contributed by atoms with Crippen molar-refractivity contribution in [1.29, 1.82) is 0 Å². The quantitative estimate of drug-likeness (QED) is 0.573. The van der Waals surface area contributed by atoms with Crippen molar-refractivity contribution in [1.82, 2.24) is 0 Å². The van der Waals surface area contributed by atoms with Gasteiger partial charge in [-0.25, -0.2) is 0 Å². The van der Waals surface area contributed by atoms with Crippen LogP contribution in [0.4, 0.5) is 0 Å². The molecule has 0 unspecified atom stereocenters. The van der Waals surface area contributed by atoms with Gasteiger partial charge in [0.2, 0.25) is 0 Å². The van der Waals surface area contributed by atoms with Crippen molar-refractivity contribution in [2.45, 2.75) is 26.2 Å². The highest BCUT2D eigenvalue weighted by Crippen LogP contribution is 2.32. The van der Waals surface area contributed by atoms with Crippen molar-refractivity contribution in [2.75, 3.05) is 0 Å². The Labute approximate surface area is 74.2 Å². The molecule has 1 rings (SSSR count).